The highest BCUT2D eigenvalue weighted by atomic mass is 19.4. The van der Waals surface area contributed by atoms with Gasteiger partial charge < -0.3 is 15.1 Å². The molecule has 4 unspecified atom stereocenters. The van der Waals surface area contributed by atoms with Gasteiger partial charge in [0.2, 0.25) is 0 Å². The van der Waals surface area contributed by atoms with Gasteiger partial charge >= 0.3 is 23.9 Å². The summed E-state index contributed by atoms with van der Waals surface area (Å²) < 4.78 is 133. The number of aliphatic hydroxyl groups is 1. The van der Waals surface area contributed by atoms with Gasteiger partial charge in [0, 0.05) is 12.3 Å². The summed E-state index contributed by atoms with van der Waals surface area (Å²) in [5.74, 6) is -18.4. The molecule has 0 amide bonds. The number of phenols is 1. The molecular weight excluding hydrogens is 644 g/mol. The van der Waals surface area contributed by atoms with Crippen LogP contribution in [0.4, 0.5) is 43.9 Å². The maximum absolute atomic E-state index is 15.9. The van der Waals surface area contributed by atoms with Crippen LogP contribution in [0.5, 0.6) is 5.75 Å². The maximum Gasteiger partial charge on any atom is 0.460 e. The Morgan fingerprint density at radius 3 is 2.11 bits per heavy atom. The number of phenolic OH excluding ortho intramolecular Hbond substituents is 1. The van der Waals surface area contributed by atoms with Gasteiger partial charge in [0.1, 0.15) is 11.9 Å². The number of fused-ring (bicyclic) bond motifs is 5. The molecule has 0 aromatic heterocycles. The number of alkyl halides is 10. The van der Waals surface area contributed by atoms with E-state index in [1.165, 1.54) is 0 Å². The lowest BCUT2D eigenvalue weighted by Gasteiger charge is -2.54. The first-order chi connectivity index (χ1) is 21.7. The highest BCUT2D eigenvalue weighted by Gasteiger charge is 2.81. The van der Waals surface area contributed by atoms with Crippen LogP contribution in [0.1, 0.15) is 101 Å². The normalized spacial score (nSPS) is 29.9. The van der Waals surface area contributed by atoms with Crippen LogP contribution in [0.15, 0.2) is 18.2 Å². The molecule has 0 heterocycles. The summed E-state index contributed by atoms with van der Waals surface area (Å²) in [4.78, 5) is 2.03. The molecule has 2 saturated carbocycles. The zero-order chi connectivity index (χ0) is 35.0. The Hall–Kier alpha value is -1.76. The SMILES string of the molecule is CN(CCCCCCC(F)(F)C(F)(F)C(F)(F)C(F)(F)F)CCCCC[C@@H]1Cc2cc(O)ccc2C2C1C1CC[C@H](O)C1(C)C[C@@H]2F. The molecular formula is C34H47F10NO2. The van der Waals surface area contributed by atoms with Crippen LogP contribution in [0.2, 0.25) is 0 Å². The lowest BCUT2D eigenvalue weighted by molar-refractivity contribution is -0.396. The van der Waals surface area contributed by atoms with E-state index in [0.29, 0.717) is 32.2 Å². The summed E-state index contributed by atoms with van der Waals surface area (Å²) in [6.45, 7) is 3.35. The molecule has 3 aliphatic rings. The van der Waals surface area contributed by atoms with Crippen LogP contribution in [0, 0.1) is 23.2 Å². The molecule has 4 rings (SSSR count). The number of benzene rings is 1. The molecule has 7 atom stereocenters. The summed E-state index contributed by atoms with van der Waals surface area (Å²) >= 11 is 0. The smallest absolute Gasteiger partial charge is 0.460 e. The number of nitrogens with zero attached hydrogens (tertiary/aromatic N) is 1. The fourth-order valence-electron chi connectivity index (χ4n) is 8.76. The summed E-state index contributed by atoms with van der Waals surface area (Å²) in [5, 5.41) is 20.9. The molecule has 47 heavy (non-hydrogen) atoms. The van der Waals surface area contributed by atoms with E-state index < -0.39 is 54.5 Å². The van der Waals surface area contributed by atoms with E-state index in [1.54, 1.807) is 12.1 Å². The number of rotatable bonds is 15. The maximum atomic E-state index is 15.9. The predicted molar refractivity (Wildman–Crippen MR) is 158 cm³/mol. The summed E-state index contributed by atoms with van der Waals surface area (Å²) in [5.41, 5.74) is 1.54. The van der Waals surface area contributed by atoms with E-state index in [-0.39, 0.29) is 35.8 Å². The second kappa shape index (κ2) is 14.2. The Kier molecular flexibility index (Phi) is 11.5. The van der Waals surface area contributed by atoms with E-state index in [4.69, 9.17) is 0 Å². The van der Waals surface area contributed by atoms with E-state index in [1.807, 2.05) is 24.9 Å². The van der Waals surface area contributed by atoms with Crippen molar-refractivity contribution in [2.75, 3.05) is 20.1 Å². The van der Waals surface area contributed by atoms with Gasteiger partial charge in [-0.2, -0.15) is 39.5 Å². The van der Waals surface area contributed by atoms with Crippen molar-refractivity contribution in [1.29, 1.82) is 0 Å². The number of aromatic hydroxyl groups is 1. The fourth-order valence-corrected chi connectivity index (χ4v) is 8.76. The van der Waals surface area contributed by atoms with Crippen LogP contribution in [-0.2, 0) is 6.42 Å². The van der Waals surface area contributed by atoms with Gasteiger partial charge in [0.25, 0.3) is 0 Å². The highest BCUT2D eigenvalue weighted by molar-refractivity contribution is 5.41. The Morgan fingerprint density at radius 2 is 1.47 bits per heavy atom. The Labute approximate surface area is 270 Å². The zero-order valence-corrected chi connectivity index (χ0v) is 26.9. The number of unbranched alkanes of at least 4 members (excludes halogenated alkanes) is 5. The lowest BCUT2D eigenvalue weighted by atomic mass is 9.51. The molecule has 0 radical (unpaired) electrons. The van der Waals surface area contributed by atoms with E-state index in [2.05, 4.69) is 0 Å². The van der Waals surface area contributed by atoms with Gasteiger partial charge in [-0.05, 0) is 118 Å². The molecule has 0 bridgehead atoms. The third-order valence-corrected chi connectivity index (χ3v) is 11.4. The average Bonchev–Trinajstić information content (AvgIpc) is 3.26. The second-order valence-electron chi connectivity index (χ2n) is 14.5. The van der Waals surface area contributed by atoms with E-state index in [9.17, 15) is 49.7 Å². The minimum Gasteiger partial charge on any atom is -0.508 e. The molecule has 2 fully saturated rings. The molecule has 2 N–H and O–H groups in total. The van der Waals surface area contributed by atoms with Crippen LogP contribution in [0.25, 0.3) is 0 Å². The summed E-state index contributed by atoms with van der Waals surface area (Å²) in [6.07, 6.45) is -3.67. The third kappa shape index (κ3) is 7.55. The first-order valence-electron chi connectivity index (χ1n) is 16.8. The first-order valence-corrected chi connectivity index (χ1v) is 16.8. The summed E-state index contributed by atoms with van der Waals surface area (Å²) in [6, 6.07) is 5.25. The Morgan fingerprint density at radius 1 is 0.851 bits per heavy atom. The topological polar surface area (TPSA) is 43.7 Å². The molecule has 3 nitrogen and oxygen atoms in total. The molecule has 0 aliphatic heterocycles. The van der Waals surface area contributed by atoms with E-state index in [0.717, 1.165) is 56.2 Å². The predicted octanol–water partition coefficient (Wildman–Crippen LogP) is 9.69. The lowest BCUT2D eigenvalue weighted by Crippen LogP contribution is -2.60. The first kappa shape index (κ1) is 38.0. The monoisotopic (exact) mass is 691 g/mol. The van der Waals surface area contributed by atoms with Crippen molar-refractivity contribution in [2.24, 2.45) is 23.2 Å². The van der Waals surface area contributed by atoms with Gasteiger partial charge in [-0.1, -0.05) is 38.7 Å². The zero-order valence-electron chi connectivity index (χ0n) is 26.9. The molecule has 1 aromatic rings. The molecule has 0 saturated heterocycles. The van der Waals surface area contributed by atoms with Crippen molar-refractivity contribution in [3.8, 4) is 5.75 Å². The molecule has 3 aliphatic carbocycles. The van der Waals surface area contributed by atoms with E-state index >= 15 is 4.39 Å². The Bertz CT molecular complexity index is 1190. The van der Waals surface area contributed by atoms with Crippen molar-refractivity contribution in [1.82, 2.24) is 4.90 Å². The minimum absolute atomic E-state index is 0.0155. The van der Waals surface area contributed by atoms with Crippen molar-refractivity contribution in [3.05, 3.63) is 29.3 Å². The van der Waals surface area contributed by atoms with Gasteiger partial charge in [0.05, 0.1) is 6.10 Å². The molecule has 0 spiro atoms. The fraction of sp³-hybridized carbons (Fsp3) is 0.824. The van der Waals surface area contributed by atoms with Gasteiger partial charge in [-0.3, -0.25) is 0 Å². The number of hydrogen-bond donors (Lipinski definition) is 2. The Balaban J connectivity index is 1.19. The van der Waals surface area contributed by atoms with Crippen molar-refractivity contribution in [3.63, 3.8) is 0 Å². The quantitative estimate of drug-likeness (QED) is 0.142. The molecule has 1 aromatic carbocycles. The van der Waals surface area contributed by atoms with Gasteiger partial charge in [0.15, 0.2) is 0 Å². The number of halogens is 10. The van der Waals surface area contributed by atoms with Crippen molar-refractivity contribution in [2.45, 2.75) is 133 Å². The molecule has 13 heteroatoms. The van der Waals surface area contributed by atoms with Crippen LogP contribution < -0.4 is 0 Å². The van der Waals surface area contributed by atoms with Crippen LogP contribution >= 0.6 is 0 Å². The largest absolute Gasteiger partial charge is 0.508 e. The highest BCUT2D eigenvalue weighted by Crippen LogP contribution is 2.63. The van der Waals surface area contributed by atoms with Gasteiger partial charge in [-0.25, -0.2) is 4.39 Å². The van der Waals surface area contributed by atoms with Crippen LogP contribution in [0.3, 0.4) is 0 Å². The molecule has 270 valence electrons. The second-order valence-corrected chi connectivity index (χ2v) is 14.5. The third-order valence-electron chi connectivity index (χ3n) is 11.4. The van der Waals surface area contributed by atoms with Crippen LogP contribution in [-0.4, -0.2) is 71.5 Å². The number of aliphatic hydroxyl groups excluding tert-OH is 1. The summed E-state index contributed by atoms with van der Waals surface area (Å²) in [7, 11) is 1.87. The standard InChI is InChI=1S/C34H47F10NO2/c1-30-20-26(35)29-24-12-11-23(46)19-22(24)18-21(28(29)25(30)13-14-27(30)47)10-6-5-9-17-45(2)16-8-4-3-7-15-31(36,37)32(38,39)33(40,41)34(42,43)44/h11-12,19,21,25-29,46-47H,3-10,13-18,20H2,1-2H3/t21-,25?,26+,27+,28?,29?,30?/m1/s1. The van der Waals surface area contributed by atoms with Crippen molar-refractivity contribution >= 4 is 0 Å². The number of hydrogen-bond acceptors (Lipinski definition) is 3. The minimum atomic E-state index is -6.84. The average molecular weight is 692 g/mol. The van der Waals surface area contributed by atoms with Gasteiger partial charge in [-0.15, -0.1) is 0 Å². The van der Waals surface area contributed by atoms with Crippen molar-refractivity contribution < 1.29 is 54.1 Å².